The van der Waals surface area contributed by atoms with Gasteiger partial charge in [0.15, 0.2) is 0 Å². The van der Waals surface area contributed by atoms with Crippen LogP contribution < -0.4 is 0 Å². The third kappa shape index (κ3) is 1.69. The van der Waals surface area contributed by atoms with Gasteiger partial charge < -0.3 is 0 Å². The molecule has 1 heteroatoms. The smallest absolute Gasteiger partial charge is 0.0514 e. The van der Waals surface area contributed by atoms with Gasteiger partial charge >= 0.3 is 0 Å². The van der Waals surface area contributed by atoms with E-state index in [4.69, 9.17) is 0 Å². The number of aryl methyl sites for hydroxylation is 1. The molecule has 0 atom stereocenters. The third-order valence-corrected chi connectivity index (χ3v) is 2.32. The predicted octanol–water partition coefficient (Wildman–Crippen LogP) is 2.96. The summed E-state index contributed by atoms with van der Waals surface area (Å²) < 4.78 is 0. The molecule has 0 fully saturated rings. The first-order valence-electron chi connectivity index (χ1n) is 4.71. The topological polar surface area (TPSA) is 12.4 Å². The van der Waals surface area contributed by atoms with E-state index in [0.717, 1.165) is 12.8 Å². The van der Waals surface area contributed by atoms with Crippen molar-refractivity contribution in [2.45, 2.75) is 19.8 Å². The van der Waals surface area contributed by atoms with Gasteiger partial charge in [0.05, 0.1) is 5.71 Å². The molecule has 0 aliphatic carbocycles. The summed E-state index contributed by atoms with van der Waals surface area (Å²) in [6.45, 7) is 2.17. The molecule has 1 aromatic carbocycles. The zero-order valence-corrected chi connectivity index (χ0v) is 7.83. The maximum Gasteiger partial charge on any atom is 0.0514 e. The fraction of sp³-hybridized carbons (Fsp3) is 0.250. The zero-order chi connectivity index (χ0) is 9.10. The Labute approximate surface area is 78.8 Å². The molecular weight excluding hydrogens is 158 g/mol. The fourth-order valence-corrected chi connectivity index (χ4v) is 1.52. The highest BCUT2D eigenvalue weighted by Gasteiger charge is 2.04. The largest absolute Gasteiger partial charge is 0.261 e. The molecule has 0 saturated heterocycles. The molecule has 0 unspecified atom stereocenters. The summed E-state index contributed by atoms with van der Waals surface area (Å²) in [4.78, 5) is 4.32. The van der Waals surface area contributed by atoms with Gasteiger partial charge in [-0.25, -0.2) is 0 Å². The van der Waals surface area contributed by atoms with Crippen LogP contribution >= 0.6 is 0 Å². The van der Waals surface area contributed by atoms with Gasteiger partial charge in [0.1, 0.15) is 0 Å². The van der Waals surface area contributed by atoms with Crippen molar-refractivity contribution in [1.29, 1.82) is 0 Å². The van der Waals surface area contributed by atoms with Crippen molar-refractivity contribution >= 4 is 5.71 Å². The molecule has 0 bridgehead atoms. The standard InChI is InChI=1S/C12H13N/c1-2-10-5-3-6-11(9-10)12-7-4-8-13-12/h3-6,8-9H,2,7H2,1H3. The van der Waals surface area contributed by atoms with Crippen molar-refractivity contribution in [3.8, 4) is 0 Å². The van der Waals surface area contributed by atoms with Crippen LogP contribution in [0.3, 0.4) is 0 Å². The van der Waals surface area contributed by atoms with E-state index in [9.17, 15) is 0 Å². The minimum absolute atomic E-state index is 0.979. The van der Waals surface area contributed by atoms with E-state index in [1.54, 1.807) is 0 Å². The van der Waals surface area contributed by atoms with Gasteiger partial charge in [0, 0.05) is 12.6 Å². The molecule has 0 radical (unpaired) electrons. The van der Waals surface area contributed by atoms with Crippen LogP contribution in [0.15, 0.2) is 41.5 Å². The van der Waals surface area contributed by atoms with E-state index in [0.29, 0.717) is 0 Å². The number of benzene rings is 1. The molecule has 0 aromatic heterocycles. The molecule has 1 aliphatic rings. The lowest BCUT2D eigenvalue weighted by Crippen LogP contribution is -1.96. The molecule has 1 heterocycles. The molecular formula is C12H13N. The minimum atomic E-state index is 0.979. The summed E-state index contributed by atoms with van der Waals surface area (Å²) in [7, 11) is 0. The molecule has 13 heavy (non-hydrogen) atoms. The molecule has 0 saturated carbocycles. The Bertz CT molecular complexity index is 361. The highest BCUT2D eigenvalue weighted by atomic mass is 14.7. The van der Waals surface area contributed by atoms with Gasteiger partial charge in [-0.3, -0.25) is 4.99 Å². The lowest BCUT2D eigenvalue weighted by atomic mass is 10.0. The first-order valence-corrected chi connectivity index (χ1v) is 4.71. The summed E-state index contributed by atoms with van der Waals surface area (Å²) in [5.74, 6) is 0. The summed E-state index contributed by atoms with van der Waals surface area (Å²) in [5, 5.41) is 0. The van der Waals surface area contributed by atoms with E-state index in [2.05, 4.69) is 42.3 Å². The van der Waals surface area contributed by atoms with E-state index in [1.165, 1.54) is 16.8 Å². The molecule has 1 aromatic rings. The Hall–Kier alpha value is -1.37. The second-order valence-electron chi connectivity index (χ2n) is 3.22. The number of hydrogen-bond acceptors (Lipinski definition) is 1. The summed E-state index contributed by atoms with van der Waals surface area (Å²) in [6.07, 6.45) is 6.05. The SMILES string of the molecule is CCc1cccc(C2=NC=CC2)c1. The maximum absolute atomic E-state index is 4.32. The molecule has 1 aliphatic heterocycles. The van der Waals surface area contributed by atoms with Crippen LogP contribution in [0.2, 0.25) is 0 Å². The van der Waals surface area contributed by atoms with Crippen molar-refractivity contribution < 1.29 is 0 Å². The number of rotatable bonds is 2. The molecule has 66 valence electrons. The maximum atomic E-state index is 4.32. The van der Waals surface area contributed by atoms with Gasteiger partial charge in [-0.2, -0.15) is 0 Å². The van der Waals surface area contributed by atoms with Crippen molar-refractivity contribution in [3.63, 3.8) is 0 Å². The van der Waals surface area contributed by atoms with Crippen LogP contribution in [-0.2, 0) is 6.42 Å². The molecule has 0 amide bonds. The third-order valence-electron chi connectivity index (χ3n) is 2.32. The summed E-state index contributed by atoms with van der Waals surface area (Å²) in [5.41, 5.74) is 3.84. The highest BCUT2D eigenvalue weighted by Crippen LogP contribution is 2.12. The van der Waals surface area contributed by atoms with Gasteiger partial charge in [-0.1, -0.05) is 31.2 Å². The average Bonchev–Trinajstić information content (AvgIpc) is 2.71. The van der Waals surface area contributed by atoms with Gasteiger partial charge in [0.2, 0.25) is 0 Å². The summed E-state index contributed by atoms with van der Waals surface area (Å²) in [6, 6.07) is 8.62. The fourth-order valence-electron chi connectivity index (χ4n) is 1.52. The van der Waals surface area contributed by atoms with Crippen molar-refractivity contribution in [1.82, 2.24) is 0 Å². The number of hydrogen-bond donors (Lipinski definition) is 0. The minimum Gasteiger partial charge on any atom is -0.261 e. The van der Waals surface area contributed by atoms with Crippen molar-refractivity contribution in [2.24, 2.45) is 4.99 Å². The van der Waals surface area contributed by atoms with Crippen LogP contribution in [0.1, 0.15) is 24.5 Å². The summed E-state index contributed by atoms with van der Waals surface area (Å²) >= 11 is 0. The number of aliphatic imine (C=N–C) groups is 1. The normalized spacial score (nSPS) is 14.7. The van der Waals surface area contributed by atoms with Gasteiger partial charge in [-0.15, -0.1) is 0 Å². The molecule has 0 N–H and O–H groups in total. The molecule has 0 spiro atoms. The van der Waals surface area contributed by atoms with Gasteiger partial charge in [-0.05, 0) is 23.6 Å². The van der Waals surface area contributed by atoms with E-state index < -0.39 is 0 Å². The first-order chi connectivity index (χ1) is 6.40. The van der Waals surface area contributed by atoms with Crippen LogP contribution in [-0.4, -0.2) is 5.71 Å². The van der Waals surface area contributed by atoms with Crippen molar-refractivity contribution in [3.05, 3.63) is 47.7 Å². The lowest BCUT2D eigenvalue weighted by molar-refractivity contribution is 1.14. The zero-order valence-electron chi connectivity index (χ0n) is 7.83. The van der Waals surface area contributed by atoms with Crippen LogP contribution in [0, 0.1) is 0 Å². The Kier molecular flexibility index (Phi) is 2.26. The Morgan fingerprint density at radius 2 is 2.31 bits per heavy atom. The molecule has 2 rings (SSSR count). The Morgan fingerprint density at radius 1 is 1.38 bits per heavy atom. The van der Waals surface area contributed by atoms with Gasteiger partial charge in [0.25, 0.3) is 0 Å². The average molecular weight is 171 g/mol. The lowest BCUT2D eigenvalue weighted by Gasteiger charge is -2.02. The van der Waals surface area contributed by atoms with Crippen LogP contribution in [0.25, 0.3) is 0 Å². The Balaban J connectivity index is 2.30. The van der Waals surface area contributed by atoms with Crippen LogP contribution in [0.4, 0.5) is 0 Å². The van der Waals surface area contributed by atoms with Crippen LogP contribution in [0.5, 0.6) is 0 Å². The van der Waals surface area contributed by atoms with E-state index in [1.807, 2.05) is 6.20 Å². The second kappa shape index (κ2) is 3.56. The predicted molar refractivity (Wildman–Crippen MR) is 56.1 cm³/mol. The monoisotopic (exact) mass is 171 g/mol. The molecule has 1 nitrogen and oxygen atoms in total. The van der Waals surface area contributed by atoms with E-state index >= 15 is 0 Å². The number of allylic oxidation sites excluding steroid dienone is 1. The first kappa shape index (κ1) is 8.24. The number of nitrogens with zero attached hydrogens (tertiary/aromatic N) is 1. The van der Waals surface area contributed by atoms with E-state index in [-0.39, 0.29) is 0 Å². The highest BCUT2D eigenvalue weighted by molar-refractivity contribution is 6.03. The van der Waals surface area contributed by atoms with Crippen molar-refractivity contribution in [2.75, 3.05) is 0 Å². The second-order valence-corrected chi connectivity index (χ2v) is 3.22. The Morgan fingerprint density at radius 3 is 3.00 bits per heavy atom. The quantitative estimate of drug-likeness (QED) is 0.648.